The lowest BCUT2D eigenvalue weighted by molar-refractivity contribution is -0.124. The fraction of sp³-hybridized carbons (Fsp3) is 0.889. The smallest absolute Gasteiger partial charge is 0.234 e. The molecule has 4 rings (SSSR count). The highest BCUT2D eigenvalue weighted by Crippen LogP contribution is 2.32. The maximum absolute atomic E-state index is 13.6. The molecule has 0 bridgehead atoms. The molecule has 4 aliphatic heterocycles. The highest BCUT2D eigenvalue weighted by atomic mass is 19.1. The number of nitrogens with two attached hydrogens (primary N) is 1. The number of piperidine rings is 2. The van der Waals surface area contributed by atoms with Gasteiger partial charge in [-0.2, -0.15) is 0 Å². The standard InChI is InChI=1S/C18H32FN7O/c1-10-2-4-21-7-13(10)12-3-5-22-8-14(12)24-18(27)15-16(20)25-26-9-11(19)6-23-17(15)26/h10-16,21-22,25H,2-9,20H2,1H3,(H,24,27). The fourth-order valence-electron chi connectivity index (χ4n) is 5.12. The van der Waals surface area contributed by atoms with E-state index in [1.807, 2.05) is 0 Å². The maximum Gasteiger partial charge on any atom is 0.234 e. The number of hydrogen-bond donors (Lipinski definition) is 5. The molecule has 9 heteroatoms. The summed E-state index contributed by atoms with van der Waals surface area (Å²) in [7, 11) is 0. The molecule has 3 saturated heterocycles. The van der Waals surface area contributed by atoms with E-state index in [2.05, 4.69) is 33.3 Å². The van der Waals surface area contributed by atoms with Crippen LogP contribution in [0.25, 0.3) is 0 Å². The van der Waals surface area contributed by atoms with Gasteiger partial charge in [-0.3, -0.25) is 14.8 Å². The van der Waals surface area contributed by atoms with Crippen molar-refractivity contribution in [2.45, 2.75) is 38.1 Å². The molecule has 4 aliphatic rings. The summed E-state index contributed by atoms with van der Waals surface area (Å²) in [4.78, 5) is 17.4. The molecule has 152 valence electrons. The topological polar surface area (TPSA) is 107 Å². The second-order valence-corrected chi connectivity index (χ2v) is 8.45. The van der Waals surface area contributed by atoms with Gasteiger partial charge in [0.25, 0.3) is 0 Å². The van der Waals surface area contributed by atoms with E-state index in [4.69, 9.17) is 5.73 Å². The number of rotatable bonds is 3. The first-order chi connectivity index (χ1) is 13.0. The molecule has 8 nitrogen and oxygen atoms in total. The summed E-state index contributed by atoms with van der Waals surface area (Å²) >= 11 is 0. The average Bonchev–Trinajstić information content (AvgIpc) is 2.97. The van der Waals surface area contributed by atoms with Gasteiger partial charge in [0.2, 0.25) is 5.91 Å². The van der Waals surface area contributed by atoms with Crippen LogP contribution in [0.5, 0.6) is 0 Å². The summed E-state index contributed by atoms with van der Waals surface area (Å²) in [6, 6.07) is 0.0814. The maximum atomic E-state index is 13.6. The van der Waals surface area contributed by atoms with Gasteiger partial charge in [-0.1, -0.05) is 6.92 Å². The summed E-state index contributed by atoms with van der Waals surface area (Å²) in [5.41, 5.74) is 9.14. The van der Waals surface area contributed by atoms with Crippen LogP contribution in [0.2, 0.25) is 0 Å². The molecule has 0 aromatic carbocycles. The number of carbonyl (C=O) groups is 1. The molecule has 7 atom stereocenters. The molecule has 1 amide bonds. The largest absolute Gasteiger partial charge is 0.351 e. The quantitative estimate of drug-likeness (QED) is 0.420. The van der Waals surface area contributed by atoms with Crippen LogP contribution in [0, 0.1) is 23.7 Å². The molecule has 27 heavy (non-hydrogen) atoms. The zero-order chi connectivity index (χ0) is 19.0. The number of halogens is 1. The zero-order valence-corrected chi connectivity index (χ0v) is 16.0. The van der Waals surface area contributed by atoms with Crippen molar-refractivity contribution >= 4 is 11.7 Å². The van der Waals surface area contributed by atoms with E-state index in [0.29, 0.717) is 23.6 Å². The monoisotopic (exact) mass is 381 g/mol. The zero-order valence-electron chi connectivity index (χ0n) is 16.0. The van der Waals surface area contributed by atoms with Gasteiger partial charge in [-0.05, 0) is 50.2 Å². The van der Waals surface area contributed by atoms with Gasteiger partial charge in [0.15, 0.2) is 0 Å². The van der Waals surface area contributed by atoms with E-state index in [-0.39, 0.29) is 25.0 Å². The van der Waals surface area contributed by atoms with Crippen LogP contribution < -0.4 is 27.1 Å². The molecule has 0 aliphatic carbocycles. The Morgan fingerprint density at radius 2 is 2.04 bits per heavy atom. The molecule has 0 aromatic rings. The second kappa shape index (κ2) is 7.98. The minimum atomic E-state index is -1.03. The number of carbonyl (C=O) groups excluding carboxylic acids is 1. The summed E-state index contributed by atoms with van der Waals surface area (Å²) < 4.78 is 13.6. The molecular weight excluding hydrogens is 349 g/mol. The molecule has 0 saturated carbocycles. The molecule has 0 aromatic heterocycles. The van der Waals surface area contributed by atoms with Gasteiger partial charge in [-0.15, -0.1) is 0 Å². The Hall–Kier alpha value is -1.29. The van der Waals surface area contributed by atoms with Crippen molar-refractivity contribution in [2.75, 3.05) is 39.3 Å². The van der Waals surface area contributed by atoms with Gasteiger partial charge < -0.3 is 21.7 Å². The normalized spacial score (nSPS) is 42.4. The van der Waals surface area contributed by atoms with Crippen LogP contribution in [0.3, 0.4) is 0 Å². The van der Waals surface area contributed by atoms with Gasteiger partial charge >= 0.3 is 0 Å². The van der Waals surface area contributed by atoms with Crippen LogP contribution in [0.15, 0.2) is 4.99 Å². The van der Waals surface area contributed by atoms with E-state index in [9.17, 15) is 9.18 Å². The third-order valence-electron chi connectivity index (χ3n) is 6.63. The Bertz CT molecular complexity index is 588. The van der Waals surface area contributed by atoms with Gasteiger partial charge in [0, 0.05) is 12.6 Å². The van der Waals surface area contributed by atoms with Crippen LogP contribution in [-0.4, -0.2) is 74.4 Å². The molecular formula is C18H32FN7O. The van der Waals surface area contributed by atoms with E-state index < -0.39 is 18.3 Å². The summed E-state index contributed by atoms with van der Waals surface area (Å²) in [5, 5.41) is 11.8. The van der Waals surface area contributed by atoms with Crippen molar-refractivity contribution < 1.29 is 9.18 Å². The molecule has 7 unspecified atom stereocenters. The van der Waals surface area contributed by atoms with Crippen molar-refractivity contribution in [3.8, 4) is 0 Å². The second-order valence-electron chi connectivity index (χ2n) is 8.45. The number of fused-ring (bicyclic) bond motifs is 1. The first kappa shape index (κ1) is 19.0. The van der Waals surface area contributed by atoms with Crippen molar-refractivity contribution in [1.29, 1.82) is 0 Å². The minimum absolute atomic E-state index is 0.0814. The van der Waals surface area contributed by atoms with Crippen molar-refractivity contribution in [2.24, 2.45) is 34.4 Å². The molecule has 0 spiro atoms. The summed E-state index contributed by atoms with van der Waals surface area (Å²) in [6.45, 7) is 6.47. The van der Waals surface area contributed by atoms with Crippen molar-refractivity contribution in [1.82, 2.24) is 26.4 Å². The third kappa shape index (κ3) is 3.83. The van der Waals surface area contributed by atoms with Crippen molar-refractivity contribution in [3.05, 3.63) is 0 Å². The highest BCUT2D eigenvalue weighted by molar-refractivity contribution is 6.05. The number of amidine groups is 1. The third-order valence-corrected chi connectivity index (χ3v) is 6.63. The van der Waals surface area contributed by atoms with Gasteiger partial charge in [0.05, 0.1) is 19.3 Å². The van der Waals surface area contributed by atoms with E-state index >= 15 is 0 Å². The van der Waals surface area contributed by atoms with E-state index in [0.717, 1.165) is 32.6 Å². The SMILES string of the molecule is CC1CCNCC1C1CCNCC1NC(=O)C1C2=NCC(F)CN2NC1N. The number of nitrogens with zero attached hydrogens (tertiary/aromatic N) is 2. The number of hydrazine groups is 1. The summed E-state index contributed by atoms with van der Waals surface area (Å²) in [6.07, 6.45) is 0.651. The molecule has 4 heterocycles. The van der Waals surface area contributed by atoms with E-state index in [1.165, 1.54) is 6.42 Å². The Labute approximate surface area is 159 Å². The fourth-order valence-corrected chi connectivity index (χ4v) is 5.12. The van der Waals surface area contributed by atoms with E-state index in [1.54, 1.807) is 5.01 Å². The van der Waals surface area contributed by atoms with Gasteiger partial charge in [-0.25, -0.2) is 9.82 Å². The Kier molecular flexibility index (Phi) is 5.63. The number of amides is 1. The molecule has 6 N–H and O–H groups in total. The lowest BCUT2D eigenvalue weighted by Gasteiger charge is -2.43. The Balaban J connectivity index is 1.46. The lowest BCUT2D eigenvalue weighted by atomic mass is 9.72. The first-order valence-electron chi connectivity index (χ1n) is 10.2. The van der Waals surface area contributed by atoms with Crippen LogP contribution in [0.4, 0.5) is 4.39 Å². The van der Waals surface area contributed by atoms with Crippen molar-refractivity contribution in [3.63, 3.8) is 0 Å². The van der Waals surface area contributed by atoms with Crippen LogP contribution >= 0.6 is 0 Å². The first-order valence-corrected chi connectivity index (χ1v) is 10.2. The predicted molar refractivity (Wildman–Crippen MR) is 102 cm³/mol. The average molecular weight is 382 g/mol. The highest BCUT2D eigenvalue weighted by Gasteiger charge is 2.45. The van der Waals surface area contributed by atoms with Crippen LogP contribution in [-0.2, 0) is 4.79 Å². The lowest BCUT2D eigenvalue weighted by Crippen LogP contribution is -2.58. The number of nitrogens with one attached hydrogen (secondary N) is 4. The predicted octanol–water partition coefficient (Wildman–Crippen LogP) is -1.20. The number of alkyl halides is 1. The van der Waals surface area contributed by atoms with Gasteiger partial charge in [0.1, 0.15) is 17.9 Å². The number of aliphatic imine (C=N–C) groups is 1. The summed E-state index contributed by atoms with van der Waals surface area (Å²) in [5.74, 6) is 1.57. The Morgan fingerprint density at radius 1 is 1.26 bits per heavy atom. The Morgan fingerprint density at radius 3 is 2.85 bits per heavy atom. The molecule has 3 fully saturated rings. The molecule has 0 radical (unpaired) electrons. The minimum Gasteiger partial charge on any atom is -0.351 e. The number of hydrogen-bond acceptors (Lipinski definition) is 7. The van der Waals surface area contributed by atoms with Crippen LogP contribution in [0.1, 0.15) is 19.8 Å².